The van der Waals surface area contributed by atoms with E-state index in [2.05, 4.69) is 4.98 Å². The number of benzene rings is 2. The number of nitrogens with zero attached hydrogens (tertiary/aromatic N) is 4. The maximum absolute atomic E-state index is 11.1. The Hall–Kier alpha value is -3.46. The highest BCUT2D eigenvalue weighted by Crippen LogP contribution is 2.23. The first-order valence-electron chi connectivity index (χ1n) is 6.92. The van der Waals surface area contributed by atoms with Crippen LogP contribution in [0.4, 0.5) is 5.69 Å². The molecule has 3 rings (SSSR count). The summed E-state index contributed by atoms with van der Waals surface area (Å²) in [5.74, 6) is 0. The standard InChI is InChI=1S/C17H12N4O2/c18-11-15-6-5-13(10-17(15)21(22)23)9-14-3-1-2-4-16(14)20-8-7-19-12-20/h1-8,10,12H,9H2. The van der Waals surface area contributed by atoms with Gasteiger partial charge in [0, 0.05) is 24.1 Å². The van der Waals surface area contributed by atoms with Crippen LogP contribution in [0.5, 0.6) is 0 Å². The Morgan fingerprint density at radius 1 is 1.26 bits per heavy atom. The van der Waals surface area contributed by atoms with Gasteiger partial charge in [0.1, 0.15) is 11.6 Å². The van der Waals surface area contributed by atoms with Gasteiger partial charge in [-0.15, -0.1) is 0 Å². The van der Waals surface area contributed by atoms with E-state index in [9.17, 15) is 10.1 Å². The summed E-state index contributed by atoms with van der Waals surface area (Å²) in [5.41, 5.74) is 2.68. The third-order valence-corrected chi connectivity index (χ3v) is 3.55. The minimum absolute atomic E-state index is 0.0710. The number of hydrogen-bond donors (Lipinski definition) is 0. The quantitative estimate of drug-likeness (QED) is 0.547. The molecular formula is C17H12N4O2. The van der Waals surface area contributed by atoms with Crippen molar-refractivity contribution in [1.29, 1.82) is 5.26 Å². The van der Waals surface area contributed by atoms with Crippen molar-refractivity contribution in [3.63, 3.8) is 0 Å². The zero-order valence-corrected chi connectivity index (χ0v) is 12.1. The van der Waals surface area contributed by atoms with Crippen molar-refractivity contribution in [2.75, 3.05) is 0 Å². The van der Waals surface area contributed by atoms with E-state index in [0.29, 0.717) is 6.42 Å². The maximum atomic E-state index is 11.1. The van der Waals surface area contributed by atoms with Crippen LogP contribution in [0, 0.1) is 21.4 Å². The second-order valence-corrected chi connectivity index (χ2v) is 5.00. The van der Waals surface area contributed by atoms with Gasteiger partial charge in [0.05, 0.1) is 11.3 Å². The molecule has 0 spiro atoms. The molecule has 0 atom stereocenters. The van der Waals surface area contributed by atoms with Gasteiger partial charge in [0.25, 0.3) is 5.69 Å². The largest absolute Gasteiger partial charge is 0.306 e. The number of hydrogen-bond acceptors (Lipinski definition) is 4. The summed E-state index contributed by atoms with van der Waals surface area (Å²) < 4.78 is 1.90. The van der Waals surface area contributed by atoms with Crippen molar-refractivity contribution < 1.29 is 4.92 Å². The molecule has 0 N–H and O–H groups in total. The number of nitro groups is 1. The Morgan fingerprint density at radius 3 is 2.78 bits per heavy atom. The topological polar surface area (TPSA) is 84.8 Å². The monoisotopic (exact) mass is 304 g/mol. The average molecular weight is 304 g/mol. The second kappa shape index (κ2) is 6.12. The predicted octanol–water partition coefficient (Wildman–Crippen LogP) is 3.24. The van der Waals surface area contributed by atoms with Gasteiger partial charge < -0.3 is 4.57 Å². The van der Waals surface area contributed by atoms with Gasteiger partial charge in [0.2, 0.25) is 0 Å². The molecule has 6 heteroatoms. The third kappa shape index (κ3) is 2.94. The van der Waals surface area contributed by atoms with E-state index in [0.717, 1.165) is 16.8 Å². The zero-order valence-electron chi connectivity index (χ0n) is 12.1. The Morgan fingerprint density at radius 2 is 2.09 bits per heavy atom. The van der Waals surface area contributed by atoms with Crippen molar-refractivity contribution in [3.05, 3.63) is 88.0 Å². The first-order chi connectivity index (χ1) is 11.2. The van der Waals surface area contributed by atoms with E-state index in [1.165, 1.54) is 12.1 Å². The van der Waals surface area contributed by atoms with Crippen molar-refractivity contribution in [3.8, 4) is 11.8 Å². The van der Waals surface area contributed by atoms with Gasteiger partial charge in [-0.2, -0.15) is 5.26 Å². The molecular weight excluding hydrogens is 292 g/mol. The maximum Gasteiger partial charge on any atom is 0.287 e. The van der Waals surface area contributed by atoms with Gasteiger partial charge in [-0.05, 0) is 29.7 Å². The minimum Gasteiger partial charge on any atom is -0.306 e. The molecule has 0 unspecified atom stereocenters. The molecule has 0 fully saturated rings. The molecule has 0 bridgehead atoms. The van der Waals surface area contributed by atoms with E-state index in [1.54, 1.807) is 18.6 Å². The number of rotatable bonds is 4. The first kappa shape index (κ1) is 14.5. The van der Waals surface area contributed by atoms with Crippen LogP contribution in [0.1, 0.15) is 16.7 Å². The molecule has 0 aliphatic carbocycles. The fraction of sp³-hybridized carbons (Fsp3) is 0.0588. The van der Waals surface area contributed by atoms with E-state index in [-0.39, 0.29) is 11.3 Å². The molecule has 1 aromatic heterocycles. The molecule has 0 aliphatic heterocycles. The van der Waals surface area contributed by atoms with Crippen molar-refractivity contribution in [1.82, 2.24) is 9.55 Å². The van der Waals surface area contributed by atoms with Crippen molar-refractivity contribution in [2.24, 2.45) is 0 Å². The second-order valence-electron chi connectivity index (χ2n) is 5.00. The van der Waals surface area contributed by atoms with Gasteiger partial charge in [-0.1, -0.05) is 24.3 Å². The van der Waals surface area contributed by atoms with E-state index in [1.807, 2.05) is 41.1 Å². The summed E-state index contributed by atoms with van der Waals surface area (Å²) in [6.45, 7) is 0. The fourth-order valence-corrected chi connectivity index (χ4v) is 2.47. The lowest BCUT2D eigenvalue weighted by Gasteiger charge is -2.10. The normalized spacial score (nSPS) is 10.2. The number of nitriles is 1. The first-order valence-corrected chi connectivity index (χ1v) is 6.92. The lowest BCUT2D eigenvalue weighted by atomic mass is 10.0. The summed E-state index contributed by atoms with van der Waals surface area (Å²) in [5, 5.41) is 20.0. The van der Waals surface area contributed by atoms with Gasteiger partial charge in [0.15, 0.2) is 0 Å². The Balaban J connectivity index is 1.99. The summed E-state index contributed by atoms with van der Waals surface area (Å²) in [6.07, 6.45) is 5.78. The molecule has 0 saturated carbocycles. The molecule has 6 nitrogen and oxygen atoms in total. The van der Waals surface area contributed by atoms with Crippen LogP contribution in [0.25, 0.3) is 5.69 Å². The lowest BCUT2D eigenvalue weighted by molar-refractivity contribution is -0.385. The number of nitro benzene ring substituents is 1. The predicted molar refractivity (Wildman–Crippen MR) is 84.2 cm³/mol. The van der Waals surface area contributed by atoms with Crippen LogP contribution in [0.15, 0.2) is 61.2 Å². The SMILES string of the molecule is N#Cc1ccc(Cc2ccccc2-n2ccnc2)cc1[N+](=O)[O-]. The zero-order chi connectivity index (χ0) is 16.2. The molecule has 3 aromatic rings. The van der Waals surface area contributed by atoms with Crippen LogP contribution in [0.2, 0.25) is 0 Å². The van der Waals surface area contributed by atoms with Gasteiger partial charge in [-0.25, -0.2) is 4.98 Å². The summed E-state index contributed by atoms with van der Waals surface area (Å²) in [4.78, 5) is 14.6. The van der Waals surface area contributed by atoms with Gasteiger partial charge in [-0.3, -0.25) is 10.1 Å². The van der Waals surface area contributed by atoms with E-state index >= 15 is 0 Å². The number of para-hydroxylation sites is 1. The summed E-state index contributed by atoms with van der Waals surface area (Å²) >= 11 is 0. The molecule has 0 saturated heterocycles. The molecule has 0 amide bonds. The molecule has 2 aromatic carbocycles. The van der Waals surface area contributed by atoms with Crippen LogP contribution < -0.4 is 0 Å². The van der Waals surface area contributed by atoms with Crippen LogP contribution in [-0.2, 0) is 6.42 Å². The van der Waals surface area contributed by atoms with Crippen LogP contribution in [-0.4, -0.2) is 14.5 Å². The summed E-state index contributed by atoms with van der Waals surface area (Å²) in [7, 11) is 0. The van der Waals surface area contributed by atoms with Crippen LogP contribution >= 0.6 is 0 Å². The lowest BCUT2D eigenvalue weighted by Crippen LogP contribution is -2.00. The number of imidazole rings is 1. The Kier molecular flexibility index (Phi) is 3.85. The van der Waals surface area contributed by atoms with Crippen molar-refractivity contribution in [2.45, 2.75) is 6.42 Å². The molecule has 0 aliphatic rings. The van der Waals surface area contributed by atoms with E-state index < -0.39 is 4.92 Å². The highest BCUT2D eigenvalue weighted by atomic mass is 16.6. The van der Waals surface area contributed by atoms with E-state index in [4.69, 9.17) is 5.26 Å². The highest BCUT2D eigenvalue weighted by Gasteiger charge is 2.15. The third-order valence-electron chi connectivity index (χ3n) is 3.55. The number of aromatic nitrogens is 2. The average Bonchev–Trinajstić information content (AvgIpc) is 3.09. The Bertz CT molecular complexity index is 895. The molecule has 112 valence electrons. The minimum atomic E-state index is -0.524. The van der Waals surface area contributed by atoms with Crippen LogP contribution in [0.3, 0.4) is 0 Å². The molecule has 1 heterocycles. The smallest absolute Gasteiger partial charge is 0.287 e. The highest BCUT2D eigenvalue weighted by molar-refractivity contribution is 5.52. The summed E-state index contributed by atoms with van der Waals surface area (Å²) in [6, 6.07) is 14.3. The molecule has 23 heavy (non-hydrogen) atoms. The molecule has 0 radical (unpaired) electrons. The van der Waals surface area contributed by atoms with Gasteiger partial charge >= 0.3 is 0 Å². The fourth-order valence-electron chi connectivity index (χ4n) is 2.47. The van der Waals surface area contributed by atoms with Crippen molar-refractivity contribution >= 4 is 5.69 Å². The Labute approximate surface area is 132 Å².